The highest BCUT2D eigenvalue weighted by Gasteiger charge is 2.13. The van der Waals surface area contributed by atoms with Gasteiger partial charge in [0, 0.05) is 6.54 Å². The summed E-state index contributed by atoms with van der Waals surface area (Å²) in [6.07, 6.45) is 0. The molecule has 98 valence electrons. The lowest BCUT2D eigenvalue weighted by molar-refractivity contribution is 0.354. The molecule has 5 nitrogen and oxygen atoms in total. The van der Waals surface area contributed by atoms with E-state index in [1.807, 2.05) is 18.2 Å². The van der Waals surface area contributed by atoms with Crippen molar-refractivity contribution < 1.29 is 9.47 Å². The highest BCUT2D eigenvalue weighted by atomic mass is 16.5. The van der Waals surface area contributed by atoms with Crippen LogP contribution in [-0.2, 0) is 0 Å². The molecule has 1 unspecified atom stereocenters. The van der Waals surface area contributed by atoms with Gasteiger partial charge in [-0.15, -0.1) is 0 Å². The third-order valence-electron chi connectivity index (χ3n) is 2.93. The molecule has 0 fully saturated rings. The van der Waals surface area contributed by atoms with Crippen LogP contribution in [0.5, 0.6) is 11.5 Å². The van der Waals surface area contributed by atoms with E-state index < -0.39 is 0 Å². The van der Waals surface area contributed by atoms with Crippen LogP contribution in [0.25, 0.3) is 0 Å². The molecule has 5 heteroatoms. The quantitative estimate of drug-likeness (QED) is 0.845. The number of aliphatic imine (C=N–C) groups is 1. The van der Waals surface area contributed by atoms with Crippen molar-refractivity contribution >= 4 is 5.96 Å². The van der Waals surface area contributed by atoms with Gasteiger partial charge in [0.1, 0.15) is 0 Å². The summed E-state index contributed by atoms with van der Waals surface area (Å²) in [5, 5.41) is 6.52. The van der Waals surface area contributed by atoms with Crippen LogP contribution >= 0.6 is 0 Å². The van der Waals surface area contributed by atoms with Crippen molar-refractivity contribution in [3.05, 3.63) is 23.8 Å². The van der Waals surface area contributed by atoms with Crippen LogP contribution in [0, 0.1) is 0 Å². The Morgan fingerprint density at radius 3 is 2.67 bits per heavy atom. The van der Waals surface area contributed by atoms with Gasteiger partial charge < -0.3 is 20.1 Å². The standard InChI is InChI=1S/C13H19N3O2/c1-9(16-13-14-6-7-15-13)10-4-5-11(17-2)12(8-10)18-3/h4-5,8-9H,6-7H2,1-3H3,(H2,14,15,16). The first-order valence-corrected chi connectivity index (χ1v) is 6.01. The predicted octanol–water partition coefficient (Wildman–Crippen LogP) is 1.31. The van der Waals surface area contributed by atoms with E-state index in [-0.39, 0.29) is 6.04 Å². The van der Waals surface area contributed by atoms with E-state index in [1.54, 1.807) is 14.2 Å². The van der Waals surface area contributed by atoms with E-state index in [4.69, 9.17) is 9.47 Å². The first-order chi connectivity index (χ1) is 8.74. The Bertz CT molecular complexity index is 446. The Balaban J connectivity index is 2.12. The molecule has 1 heterocycles. The highest BCUT2D eigenvalue weighted by Crippen LogP contribution is 2.29. The molecule has 0 saturated carbocycles. The minimum Gasteiger partial charge on any atom is -0.493 e. The fourth-order valence-electron chi connectivity index (χ4n) is 1.91. The molecule has 0 aromatic heterocycles. The molecular weight excluding hydrogens is 230 g/mol. The zero-order valence-corrected chi connectivity index (χ0v) is 11.0. The number of hydrogen-bond acceptors (Lipinski definition) is 5. The molecule has 1 aromatic carbocycles. The maximum absolute atomic E-state index is 5.30. The number of methoxy groups -OCH3 is 2. The molecule has 1 aliphatic rings. The van der Waals surface area contributed by atoms with Crippen molar-refractivity contribution in [1.29, 1.82) is 0 Å². The molecular formula is C13H19N3O2. The summed E-state index contributed by atoms with van der Waals surface area (Å²) in [5.74, 6) is 2.34. The molecule has 1 aromatic rings. The lowest BCUT2D eigenvalue weighted by atomic mass is 10.1. The third-order valence-corrected chi connectivity index (χ3v) is 2.93. The van der Waals surface area contributed by atoms with Gasteiger partial charge in [-0.2, -0.15) is 0 Å². The second-order valence-corrected chi connectivity index (χ2v) is 4.14. The fourth-order valence-corrected chi connectivity index (χ4v) is 1.91. The average molecular weight is 249 g/mol. The van der Waals surface area contributed by atoms with Crippen LogP contribution in [0.15, 0.2) is 23.2 Å². The first kappa shape index (κ1) is 12.5. The zero-order valence-electron chi connectivity index (χ0n) is 11.0. The van der Waals surface area contributed by atoms with Gasteiger partial charge in [-0.3, -0.25) is 4.99 Å². The zero-order chi connectivity index (χ0) is 13.0. The molecule has 1 aliphatic heterocycles. The molecule has 0 amide bonds. The van der Waals surface area contributed by atoms with Gasteiger partial charge in [-0.1, -0.05) is 6.07 Å². The predicted molar refractivity (Wildman–Crippen MR) is 71.4 cm³/mol. The van der Waals surface area contributed by atoms with E-state index in [0.29, 0.717) is 0 Å². The largest absolute Gasteiger partial charge is 0.493 e. The number of guanidine groups is 1. The highest BCUT2D eigenvalue weighted by molar-refractivity contribution is 5.81. The van der Waals surface area contributed by atoms with Crippen LogP contribution in [0.1, 0.15) is 18.5 Å². The summed E-state index contributed by atoms with van der Waals surface area (Å²) in [6, 6.07) is 6.07. The summed E-state index contributed by atoms with van der Waals surface area (Å²) in [5.41, 5.74) is 1.13. The number of nitrogens with one attached hydrogen (secondary N) is 2. The summed E-state index contributed by atoms with van der Waals surface area (Å²) in [7, 11) is 3.28. The number of hydrogen-bond donors (Lipinski definition) is 2. The van der Waals surface area contributed by atoms with Crippen molar-refractivity contribution in [2.45, 2.75) is 13.0 Å². The second-order valence-electron chi connectivity index (χ2n) is 4.14. The summed E-state index contributed by atoms with van der Waals surface area (Å²) < 4.78 is 10.5. The minimum absolute atomic E-state index is 0.161. The van der Waals surface area contributed by atoms with Crippen molar-refractivity contribution in [3.63, 3.8) is 0 Å². The summed E-state index contributed by atoms with van der Waals surface area (Å²) >= 11 is 0. The Hall–Kier alpha value is -1.91. The van der Waals surface area contributed by atoms with Crippen LogP contribution < -0.4 is 20.1 Å². The van der Waals surface area contributed by atoms with Gasteiger partial charge in [0.15, 0.2) is 17.5 Å². The number of benzene rings is 1. The fraction of sp³-hybridized carbons (Fsp3) is 0.462. The minimum atomic E-state index is 0.161. The van der Waals surface area contributed by atoms with Gasteiger partial charge in [-0.25, -0.2) is 0 Å². The Morgan fingerprint density at radius 1 is 1.28 bits per heavy atom. The van der Waals surface area contributed by atoms with E-state index in [9.17, 15) is 0 Å². The molecule has 2 N–H and O–H groups in total. The topological polar surface area (TPSA) is 54.9 Å². The van der Waals surface area contributed by atoms with Crippen LogP contribution in [-0.4, -0.2) is 33.3 Å². The number of nitrogens with zero attached hydrogens (tertiary/aromatic N) is 1. The molecule has 0 bridgehead atoms. The van der Waals surface area contributed by atoms with Crippen molar-refractivity contribution in [2.24, 2.45) is 4.99 Å². The Labute approximate surface area is 107 Å². The van der Waals surface area contributed by atoms with Gasteiger partial charge in [0.2, 0.25) is 0 Å². The van der Waals surface area contributed by atoms with E-state index in [1.165, 1.54) is 0 Å². The molecule has 0 radical (unpaired) electrons. The van der Waals surface area contributed by atoms with Gasteiger partial charge in [0.25, 0.3) is 0 Å². The Morgan fingerprint density at radius 2 is 2.06 bits per heavy atom. The number of ether oxygens (including phenoxy) is 2. The molecule has 1 atom stereocenters. The maximum Gasteiger partial charge on any atom is 0.191 e. The van der Waals surface area contributed by atoms with Crippen LogP contribution in [0.3, 0.4) is 0 Å². The molecule has 0 spiro atoms. The monoisotopic (exact) mass is 249 g/mol. The smallest absolute Gasteiger partial charge is 0.191 e. The van der Waals surface area contributed by atoms with Gasteiger partial charge >= 0.3 is 0 Å². The summed E-state index contributed by atoms with van der Waals surface area (Å²) in [4.78, 5) is 4.32. The van der Waals surface area contributed by atoms with Crippen LogP contribution in [0.2, 0.25) is 0 Å². The maximum atomic E-state index is 5.30. The van der Waals surface area contributed by atoms with Crippen molar-refractivity contribution in [2.75, 3.05) is 27.3 Å². The lowest BCUT2D eigenvalue weighted by Gasteiger charge is -2.17. The Kier molecular flexibility index (Phi) is 3.92. The van der Waals surface area contributed by atoms with Gasteiger partial charge in [0.05, 0.1) is 26.8 Å². The third kappa shape index (κ3) is 2.67. The number of rotatable bonds is 4. The molecule has 0 aliphatic carbocycles. The van der Waals surface area contributed by atoms with E-state index in [2.05, 4.69) is 22.5 Å². The molecule has 0 saturated heterocycles. The second kappa shape index (κ2) is 5.62. The van der Waals surface area contributed by atoms with Crippen molar-refractivity contribution in [3.8, 4) is 11.5 Å². The van der Waals surface area contributed by atoms with E-state index >= 15 is 0 Å². The molecule has 2 rings (SSSR count). The first-order valence-electron chi connectivity index (χ1n) is 6.01. The van der Waals surface area contributed by atoms with Crippen molar-refractivity contribution in [1.82, 2.24) is 10.6 Å². The van der Waals surface area contributed by atoms with E-state index in [0.717, 1.165) is 36.1 Å². The normalized spacial score (nSPS) is 15.6. The SMILES string of the molecule is COc1ccc(C(C)NC2=NCCN2)cc1OC. The molecule has 18 heavy (non-hydrogen) atoms. The summed E-state index contributed by atoms with van der Waals surface area (Å²) in [6.45, 7) is 3.83. The van der Waals surface area contributed by atoms with Gasteiger partial charge in [-0.05, 0) is 24.6 Å². The average Bonchev–Trinajstić information content (AvgIpc) is 2.90. The van der Waals surface area contributed by atoms with Crippen LogP contribution in [0.4, 0.5) is 0 Å². The lowest BCUT2D eigenvalue weighted by Crippen LogP contribution is -2.35.